The monoisotopic (exact) mass is 1580 g/mol. The molecule has 13 N–H and O–H groups in total. The number of carbonyl (C=O) groups is 1. The van der Waals surface area contributed by atoms with Crippen LogP contribution in [0.15, 0.2) is 202 Å². The third-order valence-electron chi connectivity index (χ3n) is 15.1. The van der Waals surface area contributed by atoms with E-state index in [1.807, 2.05) is 0 Å². The molecule has 10 aromatic rings. The molecule has 0 bridgehead atoms. The number of phenols is 4. The minimum atomic E-state index is -5.51. The van der Waals surface area contributed by atoms with Gasteiger partial charge in [0.1, 0.15) is 65.2 Å². The molecule has 41 nitrogen and oxygen atoms in total. The van der Waals surface area contributed by atoms with E-state index in [4.69, 9.17) is 4.74 Å². The van der Waals surface area contributed by atoms with Crippen LogP contribution in [0.2, 0.25) is 0 Å². The minimum Gasteiger partial charge on any atom is -0.507 e. The van der Waals surface area contributed by atoms with Gasteiger partial charge in [-0.25, -0.2) is 4.79 Å². The van der Waals surface area contributed by atoms with Gasteiger partial charge in [0.15, 0.2) is 23.9 Å². The number of carboxylic acids is 1. The van der Waals surface area contributed by atoms with Gasteiger partial charge in [-0.15, -0.1) is 35.8 Å². The second kappa shape index (κ2) is 29.1. The highest BCUT2D eigenvalue weighted by Gasteiger charge is 2.30. The molecule has 10 aromatic carbocycles. The Morgan fingerprint density at radius 3 is 1.50 bits per heavy atom. The highest BCUT2D eigenvalue weighted by Crippen LogP contribution is 2.50. The smallest absolute Gasteiger partial charge is 0.341 e. The number of hydrogen-bond acceptors (Lipinski definition) is 33. The largest absolute Gasteiger partial charge is 0.507 e. The van der Waals surface area contributed by atoms with Crippen molar-refractivity contribution in [1.82, 2.24) is 0 Å². The van der Waals surface area contributed by atoms with Crippen LogP contribution in [0.3, 0.4) is 0 Å². The first-order chi connectivity index (χ1) is 49.5. The normalized spacial score (nSPS) is 13.0. The Hall–Kier alpha value is -11.7. The zero-order valence-corrected chi connectivity index (χ0v) is 57.6. The van der Waals surface area contributed by atoms with Crippen LogP contribution in [0.1, 0.15) is 5.56 Å². The summed E-state index contributed by atoms with van der Waals surface area (Å²) in [5, 5.41) is 124. The lowest BCUT2D eigenvalue weighted by atomic mass is 10.0. The number of aliphatic carboxylic acids is 1. The molecule has 0 fully saturated rings. The molecule has 0 aliphatic carbocycles. The van der Waals surface area contributed by atoms with Crippen molar-refractivity contribution in [3.05, 3.63) is 137 Å². The molecule has 0 aromatic heterocycles. The van der Waals surface area contributed by atoms with Gasteiger partial charge in [0, 0.05) is 58.9 Å². The van der Waals surface area contributed by atoms with Crippen LogP contribution < -0.4 is 9.64 Å². The van der Waals surface area contributed by atoms with Crippen molar-refractivity contribution in [2.75, 3.05) is 37.8 Å². The van der Waals surface area contributed by atoms with Crippen LogP contribution in [-0.4, -0.2) is 157 Å². The zero-order chi connectivity index (χ0) is 77.7. The molecule has 47 heteroatoms. The Labute approximate surface area is 593 Å². The SMILES string of the molecule is Cc1cc(N=Nc2c(S(=O)(=O)O)cc3ccc(N=Nc4c(N(CCO)CCO)ccc5c(O)c(N=Nc6ccc7c(O)c(N=Nc8ccc([N+](=O)[O-])cc8S(=O)(=O)O)c(S(=O)(=O)O)cc7c6)c(S(=O)(=O)O)cc45)cc3c2O)c(OCC(=O)O)cc1N=Nc1cc(S(=O)(=O)O)cc2cc(S(=O)(=O)O)cc(O)c12. The van der Waals surface area contributed by atoms with Crippen molar-refractivity contribution in [3.63, 3.8) is 0 Å². The predicted octanol–water partition coefficient (Wildman–Crippen LogP) is 11.2. The number of benzene rings is 10. The van der Waals surface area contributed by atoms with Crippen LogP contribution in [0.4, 0.5) is 68.2 Å². The van der Waals surface area contributed by atoms with Gasteiger partial charge in [-0.3, -0.25) is 37.4 Å². The standard InChI is InChI=1S/C59H46N12O29S6/c1-27-14-42(46(100-26-51(75)76)25-41(27)63-65-43-22-34(101(82,83)84)16-30-17-35(102(85,86)87)23-45(74)52(30)43)64-69-55-48(104(91,92)93)18-28-2-3-32(20-38(28)59(55)79)61-66-53-39-24-50(106(97,98)99)56(58(78)37(39)7-9-44(53)70(10-12-72)11-13-73)67-60-31-4-6-36-29(15-31)19-49(105(94,95)96)54(57(36)77)68-62-40-8-5-33(71(80)81)21-47(40)103(88,89)90/h2-9,14-25,72-74,77-79H,10-13,26H2,1H3,(H,75,76)(H,82,83,84)(H,85,86,87)(H,88,89,90)(H,91,92,93)(H,94,95,96)(H,97,98,99). The molecule has 0 aliphatic rings. The molecule has 0 spiro atoms. The number of hydrogen-bond donors (Lipinski definition) is 13. The Morgan fingerprint density at radius 2 is 0.934 bits per heavy atom. The molecule has 0 amide bonds. The van der Waals surface area contributed by atoms with Crippen LogP contribution in [0.25, 0.3) is 43.1 Å². The van der Waals surface area contributed by atoms with Gasteiger partial charge in [0.25, 0.3) is 66.4 Å². The van der Waals surface area contributed by atoms with Crippen LogP contribution in [0.5, 0.6) is 28.7 Å². The summed E-state index contributed by atoms with van der Waals surface area (Å²) < 4.78 is 217. The van der Waals surface area contributed by atoms with Crippen LogP contribution in [-0.2, 0) is 65.5 Å². The van der Waals surface area contributed by atoms with Gasteiger partial charge >= 0.3 is 5.97 Å². The van der Waals surface area contributed by atoms with E-state index in [-0.39, 0.29) is 90.2 Å². The quantitative estimate of drug-likeness (QED) is 0.0109. The average molecular weight is 1580 g/mol. The lowest BCUT2D eigenvalue weighted by Gasteiger charge is -2.25. The number of nitrogens with zero attached hydrogens (tertiary/aromatic N) is 12. The first kappa shape index (κ1) is 76.9. The molecule has 106 heavy (non-hydrogen) atoms. The molecule has 0 unspecified atom stereocenters. The van der Waals surface area contributed by atoms with Crippen LogP contribution >= 0.6 is 0 Å². The summed E-state index contributed by atoms with van der Waals surface area (Å²) in [5.74, 6) is -6.00. The van der Waals surface area contributed by atoms with Crippen molar-refractivity contribution >= 4 is 178 Å². The number of aliphatic hydroxyl groups is 2. The van der Waals surface area contributed by atoms with E-state index in [9.17, 15) is 128 Å². The summed E-state index contributed by atoms with van der Waals surface area (Å²) in [5.41, 5.74) is -6.56. The van der Waals surface area contributed by atoms with E-state index >= 15 is 0 Å². The maximum Gasteiger partial charge on any atom is 0.341 e. The van der Waals surface area contributed by atoms with Crippen molar-refractivity contribution in [3.8, 4) is 28.7 Å². The summed E-state index contributed by atoms with van der Waals surface area (Å²) in [4.78, 5) is 17.1. The van der Waals surface area contributed by atoms with Crippen molar-refractivity contribution < 1.29 is 128 Å². The Kier molecular flexibility index (Phi) is 21.1. The number of carboxylic acid groups (broad SMARTS) is 1. The van der Waals surface area contributed by atoms with Crippen molar-refractivity contribution in [2.45, 2.75) is 36.3 Å². The highest BCUT2D eigenvalue weighted by atomic mass is 32.2. The third kappa shape index (κ3) is 16.4. The number of aliphatic hydroxyl groups excluding tert-OH is 2. The highest BCUT2D eigenvalue weighted by molar-refractivity contribution is 7.87. The maximum absolute atomic E-state index is 13.3. The average Bonchev–Trinajstić information content (AvgIpc) is 0.768. The summed E-state index contributed by atoms with van der Waals surface area (Å²) in [6.45, 7) is -1.37. The molecule has 0 atom stereocenters. The maximum atomic E-state index is 13.3. The predicted molar refractivity (Wildman–Crippen MR) is 366 cm³/mol. The van der Waals surface area contributed by atoms with Gasteiger partial charge in [-0.05, 0) is 120 Å². The molecule has 552 valence electrons. The first-order valence-electron chi connectivity index (χ1n) is 28.9. The van der Waals surface area contributed by atoms with Gasteiger partial charge in [0.05, 0.1) is 61.8 Å². The minimum absolute atomic E-state index is 0.0300. The van der Waals surface area contributed by atoms with E-state index in [1.165, 1.54) is 36.1 Å². The van der Waals surface area contributed by atoms with Crippen molar-refractivity contribution in [1.29, 1.82) is 0 Å². The number of nitro benzene ring substituents is 1. The number of fused-ring (bicyclic) bond motifs is 4. The topological polar surface area (TPSA) is 664 Å². The molecule has 0 saturated carbocycles. The lowest BCUT2D eigenvalue weighted by Crippen LogP contribution is -2.29. The van der Waals surface area contributed by atoms with E-state index in [1.54, 1.807) is 0 Å². The molecule has 0 aliphatic heterocycles. The molecular weight excluding hydrogens is 1530 g/mol. The van der Waals surface area contributed by atoms with E-state index in [0.717, 1.165) is 78.9 Å². The fourth-order valence-corrected chi connectivity index (χ4v) is 14.0. The molecule has 0 heterocycles. The van der Waals surface area contributed by atoms with E-state index in [2.05, 4.69) is 51.1 Å². The fraction of sp³-hybridized carbons (Fsp3) is 0.102. The fourth-order valence-electron chi connectivity index (χ4n) is 10.4. The second-order valence-electron chi connectivity index (χ2n) is 22.0. The Morgan fingerprint density at radius 1 is 0.443 bits per heavy atom. The van der Waals surface area contributed by atoms with Crippen molar-refractivity contribution in [2.24, 2.45) is 51.1 Å². The number of aromatic hydroxyl groups is 4. The van der Waals surface area contributed by atoms with E-state index in [0.29, 0.717) is 18.2 Å². The molecular formula is C59H46N12O29S6. The summed E-state index contributed by atoms with van der Waals surface area (Å²) in [6, 6.07) is 18.3. The number of azo groups is 5. The second-order valence-corrected chi connectivity index (χ2v) is 30.4. The van der Waals surface area contributed by atoms with Gasteiger partial charge < -0.3 is 45.4 Å². The summed E-state index contributed by atoms with van der Waals surface area (Å²) >= 11 is 0. The number of phenolic OH excluding ortho intramolecular Hbond substituents is 4. The zero-order valence-electron chi connectivity index (χ0n) is 52.7. The Balaban J connectivity index is 1.04. The number of nitro groups is 1. The molecule has 0 saturated heterocycles. The number of non-ortho nitro benzene ring substituents is 1. The van der Waals surface area contributed by atoms with Gasteiger partial charge in [-0.1, -0.05) is 6.07 Å². The number of aryl methyl sites for hydroxylation is 1. The van der Waals surface area contributed by atoms with Gasteiger partial charge in [0.2, 0.25) is 0 Å². The van der Waals surface area contributed by atoms with E-state index < -0.39 is 189 Å². The summed E-state index contributed by atoms with van der Waals surface area (Å²) in [7, 11) is -31.6. The molecule has 0 radical (unpaired) electrons. The number of anilines is 1. The number of ether oxygens (including phenoxy) is 1. The van der Waals surface area contributed by atoms with Gasteiger partial charge in [-0.2, -0.15) is 65.8 Å². The Bertz CT molecular complexity index is 6330. The first-order valence-corrected chi connectivity index (χ1v) is 37.5. The number of rotatable bonds is 25. The summed E-state index contributed by atoms with van der Waals surface area (Å²) in [6.07, 6.45) is 0. The van der Waals surface area contributed by atoms with Crippen LogP contribution in [0, 0.1) is 17.0 Å². The molecule has 10 rings (SSSR count). The third-order valence-corrected chi connectivity index (χ3v) is 20.2. The lowest BCUT2D eigenvalue weighted by molar-refractivity contribution is -0.385.